The summed E-state index contributed by atoms with van der Waals surface area (Å²) in [5, 5.41) is 2.91. The monoisotopic (exact) mass is 277 g/mol. The van der Waals surface area contributed by atoms with Crippen molar-refractivity contribution in [2.75, 3.05) is 6.61 Å². The first-order valence-corrected chi connectivity index (χ1v) is 7.16. The van der Waals surface area contributed by atoms with Gasteiger partial charge in [-0.2, -0.15) is 0 Å². The zero-order valence-corrected chi connectivity index (χ0v) is 12.4. The molecule has 0 saturated carbocycles. The van der Waals surface area contributed by atoms with E-state index >= 15 is 0 Å². The van der Waals surface area contributed by atoms with Crippen LogP contribution < -0.4 is 10.1 Å². The van der Waals surface area contributed by atoms with Gasteiger partial charge in [0.2, 0.25) is 0 Å². The lowest BCUT2D eigenvalue weighted by atomic mass is 10.1. The number of hydrogen-bond acceptors (Lipinski definition) is 3. The van der Waals surface area contributed by atoms with Crippen LogP contribution in [0.4, 0.5) is 0 Å². The minimum Gasteiger partial charge on any atom is -0.484 e. The Kier molecular flexibility index (Phi) is 6.77. The lowest BCUT2D eigenvalue weighted by Crippen LogP contribution is -2.37. The van der Waals surface area contributed by atoms with Gasteiger partial charge in [-0.1, -0.05) is 20.8 Å². The summed E-state index contributed by atoms with van der Waals surface area (Å²) in [5.74, 6) is 0.577. The van der Waals surface area contributed by atoms with Crippen LogP contribution in [0.1, 0.15) is 50.4 Å². The van der Waals surface area contributed by atoms with E-state index in [2.05, 4.69) is 5.32 Å². The number of nitrogens with one attached hydrogen (secondary N) is 1. The number of ether oxygens (including phenoxy) is 1. The van der Waals surface area contributed by atoms with Gasteiger partial charge in [0.15, 0.2) is 12.4 Å². The van der Waals surface area contributed by atoms with E-state index in [1.165, 1.54) is 0 Å². The average Bonchev–Trinajstić information content (AvgIpc) is 2.50. The van der Waals surface area contributed by atoms with E-state index in [4.69, 9.17) is 4.74 Å². The highest BCUT2D eigenvalue weighted by molar-refractivity contribution is 5.95. The zero-order chi connectivity index (χ0) is 15.0. The minimum absolute atomic E-state index is 0.00241. The summed E-state index contributed by atoms with van der Waals surface area (Å²) in [6, 6.07) is 7.08. The van der Waals surface area contributed by atoms with Gasteiger partial charge in [-0.3, -0.25) is 9.59 Å². The summed E-state index contributed by atoms with van der Waals surface area (Å²) in [7, 11) is 0. The normalized spacial score (nSPS) is 10.4. The summed E-state index contributed by atoms with van der Waals surface area (Å²) in [4.78, 5) is 23.1. The van der Waals surface area contributed by atoms with Gasteiger partial charge in [-0.05, 0) is 37.1 Å². The van der Waals surface area contributed by atoms with Crippen LogP contribution in [0.15, 0.2) is 24.3 Å². The highest BCUT2D eigenvalue weighted by atomic mass is 16.5. The second-order valence-electron chi connectivity index (χ2n) is 4.67. The molecule has 110 valence electrons. The van der Waals surface area contributed by atoms with E-state index < -0.39 is 0 Å². The van der Waals surface area contributed by atoms with E-state index in [0.717, 1.165) is 12.8 Å². The Balaban J connectivity index is 2.45. The number of hydrogen-bond donors (Lipinski definition) is 1. The molecule has 0 aliphatic rings. The van der Waals surface area contributed by atoms with Crippen LogP contribution in [0.2, 0.25) is 0 Å². The molecule has 20 heavy (non-hydrogen) atoms. The van der Waals surface area contributed by atoms with Crippen molar-refractivity contribution in [3.05, 3.63) is 29.8 Å². The lowest BCUT2D eigenvalue weighted by Gasteiger charge is -2.15. The molecule has 4 nitrogen and oxygen atoms in total. The van der Waals surface area contributed by atoms with E-state index in [1.807, 2.05) is 20.8 Å². The Morgan fingerprint density at radius 3 is 2.20 bits per heavy atom. The maximum absolute atomic E-state index is 11.7. The van der Waals surface area contributed by atoms with Crippen LogP contribution in [0.5, 0.6) is 5.75 Å². The predicted octanol–water partition coefficient (Wildman–Crippen LogP) is 2.96. The third-order valence-electron chi connectivity index (χ3n) is 3.22. The standard InChI is InChI=1S/C16H23NO3/c1-4-13(5-2)17-16(19)11-20-14-9-7-12(8-10-14)15(18)6-3/h7-10,13H,4-6,11H2,1-3H3,(H,17,19). The fraction of sp³-hybridized carbons (Fsp3) is 0.500. The zero-order valence-electron chi connectivity index (χ0n) is 12.4. The second-order valence-corrected chi connectivity index (χ2v) is 4.67. The van der Waals surface area contributed by atoms with Crippen molar-refractivity contribution in [2.45, 2.75) is 46.1 Å². The summed E-state index contributed by atoms with van der Waals surface area (Å²) < 4.78 is 5.40. The summed E-state index contributed by atoms with van der Waals surface area (Å²) in [5.41, 5.74) is 0.668. The maximum atomic E-state index is 11.7. The second kappa shape index (κ2) is 8.35. The molecule has 0 unspecified atom stereocenters. The number of benzene rings is 1. The summed E-state index contributed by atoms with van der Waals surface area (Å²) in [6.45, 7) is 5.91. The molecule has 1 amide bonds. The number of rotatable bonds is 8. The molecule has 1 rings (SSSR count). The predicted molar refractivity (Wildman–Crippen MR) is 79.1 cm³/mol. The minimum atomic E-state index is -0.118. The largest absolute Gasteiger partial charge is 0.484 e. The van der Waals surface area contributed by atoms with Crippen molar-refractivity contribution in [1.29, 1.82) is 0 Å². The first-order chi connectivity index (χ1) is 9.60. The SMILES string of the molecule is CCC(=O)c1ccc(OCC(=O)NC(CC)CC)cc1. The van der Waals surface area contributed by atoms with Crippen molar-refractivity contribution < 1.29 is 14.3 Å². The van der Waals surface area contributed by atoms with E-state index in [9.17, 15) is 9.59 Å². The molecular formula is C16H23NO3. The molecule has 0 saturated heterocycles. The number of amides is 1. The molecule has 4 heteroatoms. The molecule has 0 atom stereocenters. The number of carbonyl (C=O) groups is 2. The maximum Gasteiger partial charge on any atom is 0.258 e. The molecule has 0 spiro atoms. The van der Waals surface area contributed by atoms with Gasteiger partial charge in [0, 0.05) is 18.0 Å². The van der Waals surface area contributed by atoms with Gasteiger partial charge in [0.1, 0.15) is 5.75 Å². The van der Waals surface area contributed by atoms with E-state index in [-0.39, 0.29) is 24.3 Å². The molecule has 0 aromatic heterocycles. The lowest BCUT2D eigenvalue weighted by molar-refractivity contribution is -0.123. The molecular weight excluding hydrogens is 254 g/mol. The van der Waals surface area contributed by atoms with Gasteiger partial charge in [0.05, 0.1) is 0 Å². The Labute approximate surface area is 120 Å². The molecule has 0 bridgehead atoms. The third kappa shape index (κ3) is 5.03. The fourth-order valence-corrected chi connectivity index (χ4v) is 1.85. The van der Waals surface area contributed by atoms with E-state index in [0.29, 0.717) is 17.7 Å². The van der Waals surface area contributed by atoms with Crippen LogP contribution in [0.3, 0.4) is 0 Å². The summed E-state index contributed by atoms with van der Waals surface area (Å²) >= 11 is 0. The van der Waals surface area contributed by atoms with Crippen LogP contribution in [0.25, 0.3) is 0 Å². The Morgan fingerprint density at radius 2 is 1.70 bits per heavy atom. The molecule has 1 aromatic carbocycles. The number of ketones is 1. The highest BCUT2D eigenvalue weighted by Gasteiger charge is 2.09. The average molecular weight is 277 g/mol. The number of Topliss-reactive ketones (excluding diaryl/α,β-unsaturated/α-hetero) is 1. The molecule has 1 N–H and O–H groups in total. The third-order valence-corrected chi connectivity index (χ3v) is 3.22. The summed E-state index contributed by atoms with van der Waals surface area (Å²) in [6.07, 6.45) is 2.31. The highest BCUT2D eigenvalue weighted by Crippen LogP contribution is 2.13. The molecule has 0 fully saturated rings. The Morgan fingerprint density at radius 1 is 1.10 bits per heavy atom. The van der Waals surface area contributed by atoms with Gasteiger partial charge in [-0.15, -0.1) is 0 Å². The van der Waals surface area contributed by atoms with Crippen molar-refractivity contribution in [3.63, 3.8) is 0 Å². The van der Waals surface area contributed by atoms with Crippen LogP contribution in [0, 0.1) is 0 Å². The first kappa shape index (κ1) is 16.2. The Hall–Kier alpha value is -1.84. The van der Waals surface area contributed by atoms with Crippen molar-refractivity contribution >= 4 is 11.7 Å². The molecule has 0 radical (unpaired) electrons. The molecule has 1 aromatic rings. The molecule has 0 aliphatic carbocycles. The van der Waals surface area contributed by atoms with Crippen LogP contribution in [-0.4, -0.2) is 24.3 Å². The fourth-order valence-electron chi connectivity index (χ4n) is 1.85. The number of carbonyl (C=O) groups excluding carboxylic acids is 2. The van der Waals surface area contributed by atoms with E-state index in [1.54, 1.807) is 24.3 Å². The smallest absolute Gasteiger partial charge is 0.258 e. The quantitative estimate of drug-likeness (QED) is 0.743. The topological polar surface area (TPSA) is 55.4 Å². The van der Waals surface area contributed by atoms with Crippen LogP contribution >= 0.6 is 0 Å². The van der Waals surface area contributed by atoms with Gasteiger partial charge in [-0.25, -0.2) is 0 Å². The molecule has 0 heterocycles. The Bertz CT molecular complexity index is 436. The van der Waals surface area contributed by atoms with Gasteiger partial charge >= 0.3 is 0 Å². The van der Waals surface area contributed by atoms with Crippen LogP contribution in [-0.2, 0) is 4.79 Å². The van der Waals surface area contributed by atoms with Crippen molar-refractivity contribution in [2.24, 2.45) is 0 Å². The first-order valence-electron chi connectivity index (χ1n) is 7.16. The molecule has 0 aliphatic heterocycles. The van der Waals surface area contributed by atoms with Crippen molar-refractivity contribution in [3.8, 4) is 5.75 Å². The van der Waals surface area contributed by atoms with Crippen molar-refractivity contribution in [1.82, 2.24) is 5.32 Å². The van der Waals surface area contributed by atoms with Gasteiger partial charge in [0.25, 0.3) is 5.91 Å². The van der Waals surface area contributed by atoms with Gasteiger partial charge < -0.3 is 10.1 Å².